The Morgan fingerprint density at radius 1 is 1.25 bits per heavy atom. The maximum Gasteiger partial charge on any atom is 0.287 e. The molecule has 1 saturated heterocycles. The van der Waals surface area contributed by atoms with Gasteiger partial charge in [0.05, 0.1) is 11.1 Å². The molecule has 1 aromatic heterocycles. The lowest BCUT2D eigenvalue weighted by atomic mass is 9.90. The Morgan fingerprint density at radius 3 is 2.54 bits per heavy atom. The Kier molecular flexibility index (Phi) is 5.84. The van der Waals surface area contributed by atoms with Gasteiger partial charge < -0.3 is 4.90 Å². The van der Waals surface area contributed by atoms with Crippen molar-refractivity contribution in [3.05, 3.63) is 74.2 Å². The molecule has 0 unspecified atom stereocenters. The molecule has 3 rings (SSSR count). The second-order valence-corrected chi connectivity index (χ2v) is 6.93. The van der Waals surface area contributed by atoms with Crippen LogP contribution in [0, 0.1) is 27.4 Å². The van der Waals surface area contributed by atoms with Crippen molar-refractivity contribution in [3.63, 3.8) is 0 Å². The molecule has 0 spiro atoms. The average Bonchev–Trinajstić information content (AvgIpc) is 2.70. The van der Waals surface area contributed by atoms with Gasteiger partial charge in [0, 0.05) is 19.2 Å². The second kappa shape index (κ2) is 8.48. The number of pyridine rings is 1. The Hall–Kier alpha value is -3.47. The summed E-state index contributed by atoms with van der Waals surface area (Å²) in [5, 5.41) is 20.0. The molecule has 1 amide bonds. The van der Waals surface area contributed by atoms with Gasteiger partial charge in [0.25, 0.3) is 11.2 Å². The van der Waals surface area contributed by atoms with Gasteiger partial charge in [0.15, 0.2) is 0 Å². The summed E-state index contributed by atoms with van der Waals surface area (Å²) < 4.78 is 0.953. The van der Waals surface area contributed by atoms with E-state index in [1.165, 1.54) is 5.56 Å². The van der Waals surface area contributed by atoms with Crippen LogP contribution >= 0.6 is 0 Å². The van der Waals surface area contributed by atoms with E-state index in [9.17, 15) is 19.7 Å². The van der Waals surface area contributed by atoms with Crippen LogP contribution in [0.1, 0.15) is 24.0 Å². The van der Waals surface area contributed by atoms with Crippen molar-refractivity contribution >= 4 is 11.6 Å². The molecule has 1 aliphatic heterocycles. The summed E-state index contributed by atoms with van der Waals surface area (Å²) in [6, 6.07) is 12.8. The number of hydrogen-bond donors (Lipinski definition) is 0. The summed E-state index contributed by atoms with van der Waals surface area (Å²) in [4.78, 5) is 36.8. The lowest BCUT2D eigenvalue weighted by Crippen LogP contribution is -2.42. The molecule has 0 radical (unpaired) electrons. The van der Waals surface area contributed by atoms with Crippen molar-refractivity contribution in [3.8, 4) is 6.07 Å². The summed E-state index contributed by atoms with van der Waals surface area (Å²) in [6.45, 7) is 0.870. The van der Waals surface area contributed by atoms with Crippen molar-refractivity contribution in [1.82, 2.24) is 9.47 Å². The van der Waals surface area contributed by atoms with Crippen LogP contribution in [-0.4, -0.2) is 33.4 Å². The maximum atomic E-state index is 12.6. The summed E-state index contributed by atoms with van der Waals surface area (Å²) in [5.41, 5.74) is -0.144. The first-order valence-corrected chi connectivity index (χ1v) is 9.08. The van der Waals surface area contributed by atoms with E-state index in [1.54, 1.807) is 11.0 Å². The molecule has 144 valence electrons. The number of aromatic nitrogens is 1. The van der Waals surface area contributed by atoms with Crippen molar-refractivity contribution in [2.24, 2.45) is 5.92 Å². The number of rotatable bonds is 5. The molecule has 0 atom stereocenters. The molecule has 8 heteroatoms. The van der Waals surface area contributed by atoms with Crippen LogP contribution in [0.4, 0.5) is 5.69 Å². The van der Waals surface area contributed by atoms with Crippen LogP contribution in [0.15, 0.2) is 47.4 Å². The average molecular weight is 380 g/mol. The summed E-state index contributed by atoms with van der Waals surface area (Å²) in [6.07, 6.45) is 3.73. The SMILES string of the molecule is N#Cc1cc([N+](=O)[O-])cn(CC(=O)N2CCC(Cc3ccccc3)CC2)c1=O. The highest BCUT2D eigenvalue weighted by atomic mass is 16.6. The molecule has 2 aromatic rings. The zero-order valence-corrected chi connectivity index (χ0v) is 15.3. The Labute approximate surface area is 161 Å². The number of benzene rings is 1. The number of piperidine rings is 1. The molecular formula is C20H20N4O4. The summed E-state index contributed by atoms with van der Waals surface area (Å²) in [5.74, 6) is 0.224. The van der Waals surface area contributed by atoms with Gasteiger partial charge in [-0.25, -0.2) is 0 Å². The van der Waals surface area contributed by atoms with E-state index in [-0.39, 0.29) is 23.7 Å². The highest BCUT2D eigenvalue weighted by Gasteiger charge is 2.24. The molecule has 28 heavy (non-hydrogen) atoms. The fraction of sp³-hybridized carbons (Fsp3) is 0.350. The zero-order valence-electron chi connectivity index (χ0n) is 15.3. The van der Waals surface area contributed by atoms with E-state index in [4.69, 9.17) is 5.26 Å². The van der Waals surface area contributed by atoms with Crippen LogP contribution in [0.25, 0.3) is 0 Å². The van der Waals surface area contributed by atoms with Gasteiger partial charge in [-0.15, -0.1) is 0 Å². The van der Waals surface area contributed by atoms with E-state index in [0.29, 0.717) is 19.0 Å². The molecule has 1 fully saturated rings. The summed E-state index contributed by atoms with van der Waals surface area (Å²) in [7, 11) is 0. The third-order valence-corrected chi connectivity index (χ3v) is 5.04. The lowest BCUT2D eigenvalue weighted by Gasteiger charge is -2.32. The molecule has 0 bridgehead atoms. The predicted molar refractivity (Wildman–Crippen MR) is 102 cm³/mol. The number of carbonyl (C=O) groups is 1. The molecule has 2 heterocycles. The van der Waals surface area contributed by atoms with Crippen molar-refractivity contribution in [1.29, 1.82) is 5.26 Å². The zero-order chi connectivity index (χ0) is 20.1. The van der Waals surface area contributed by atoms with Gasteiger partial charge in [-0.2, -0.15) is 5.26 Å². The number of carbonyl (C=O) groups excluding carboxylic acids is 1. The number of nitriles is 1. The Bertz CT molecular complexity index is 970. The lowest BCUT2D eigenvalue weighted by molar-refractivity contribution is -0.385. The van der Waals surface area contributed by atoms with Gasteiger partial charge in [0.2, 0.25) is 5.91 Å². The highest BCUT2D eigenvalue weighted by molar-refractivity contribution is 5.76. The smallest absolute Gasteiger partial charge is 0.287 e. The van der Waals surface area contributed by atoms with Gasteiger partial charge in [-0.05, 0) is 30.7 Å². The molecule has 1 aliphatic rings. The van der Waals surface area contributed by atoms with Crippen molar-refractivity contribution in [2.75, 3.05) is 13.1 Å². The normalized spacial score (nSPS) is 14.5. The third-order valence-electron chi connectivity index (χ3n) is 5.04. The van der Waals surface area contributed by atoms with Crippen LogP contribution in [0.5, 0.6) is 0 Å². The van der Waals surface area contributed by atoms with E-state index < -0.39 is 10.5 Å². The van der Waals surface area contributed by atoms with Gasteiger partial charge >= 0.3 is 0 Å². The topological polar surface area (TPSA) is 109 Å². The largest absolute Gasteiger partial charge is 0.341 e. The van der Waals surface area contributed by atoms with Crippen molar-refractivity contribution in [2.45, 2.75) is 25.8 Å². The molecule has 0 aliphatic carbocycles. The van der Waals surface area contributed by atoms with Crippen LogP contribution in [-0.2, 0) is 17.8 Å². The van der Waals surface area contributed by atoms with E-state index in [2.05, 4.69) is 12.1 Å². The predicted octanol–water partition coefficient (Wildman–Crippen LogP) is 2.11. The molecule has 0 saturated carbocycles. The number of nitrogens with zero attached hydrogens (tertiary/aromatic N) is 4. The second-order valence-electron chi connectivity index (χ2n) is 6.93. The van der Waals surface area contributed by atoms with Crippen molar-refractivity contribution < 1.29 is 9.72 Å². The minimum absolute atomic E-state index is 0.273. The quantitative estimate of drug-likeness (QED) is 0.583. The third kappa shape index (κ3) is 4.43. The van der Waals surface area contributed by atoms with E-state index in [0.717, 1.165) is 36.1 Å². The number of amides is 1. The number of nitro groups is 1. The molecule has 0 N–H and O–H groups in total. The maximum absolute atomic E-state index is 12.6. The molecular weight excluding hydrogens is 360 g/mol. The van der Waals surface area contributed by atoms with E-state index in [1.807, 2.05) is 18.2 Å². The van der Waals surface area contributed by atoms with Gasteiger partial charge in [-0.1, -0.05) is 30.3 Å². The molecule has 1 aromatic carbocycles. The Morgan fingerprint density at radius 2 is 1.93 bits per heavy atom. The highest BCUT2D eigenvalue weighted by Crippen LogP contribution is 2.22. The van der Waals surface area contributed by atoms with Gasteiger partial charge in [0.1, 0.15) is 18.2 Å². The van der Waals surface area contributed by atoms with E-state index >= 15 is 0 Å². The van der Waals surface area contributed by atoms with Gasteiger partial charge in [-0.3, -0.25) is 24.3 Å². The number of hydrogen-bond acceptors (Lipinski definition) is 5. The first kappa shape index (κ1) is 19.3. The van der Waals surface area contributed by atoms with Crippen LogP contribution in [0.3, 0.4) is 0 Å². The van der Waals surface area contributed by atoms with Crippen LogP contribution in [0.2, 0.25) is 0 Å². The first-order valence-electron chi connectivity index (χ1n) is 9.08. The fourth-order valence-electron chi connectivity index (χ4n) is 3.50. The fourth-order valence-corrected chi connectivity index (χ4v) is 3.50. The first-order chi connectivity index (χ1) is 13.5. The minimum atomic E-state index is -0.694. The number of likely N-dealkylation sites (tertiary alicyclic amines) is 1. The summed E-state index contributed by atoms with van der Waals surface area (Å²) >= 11 is 0. The monoisotopic (exact) mass is 380 g/mol. The standard InChI is InChI=1S/C20H20N4O4/c21-12-17-11-18(24(27)28)13-23(20(17)26)14-19(25)22-8-6-16(7-9-22)10-15-4-2-1-3-5-15/h1-5,11,13,16H,6-10,14H2. The Balaban J connectivity index is 1.63. The molecule has 8 nitrogen and oxygen atoms in total. The van der Waals surface area contributed by atoms with Crippen LogP contribution < -0.4 is 5.56 Å². The minimum Gasteiger partial charge on any atom is -0.341 e.